The number of benzene rings is 2. The Kier molecular flexibility index (Phi) is 6.03. The van der Waals surface area contributed by atoms with Crippen molar-refractivity contribution in [1.29, 1.82) is 0 Å². The molecule has 0 radical (unpaired) electrons. The fraction of sp³-hybridized carbons (Fsp3) is 0.417. The molecule has 1 saturated heterocycles. The van der Waals surface area contributed by atoms with Gasteiger partial charge >= 0.3 is 6.18 Å². The van der Waals surface area contributed by atoms with Gasteiger partial charge in [-0.05, 0) is 60.9 Å². The predicted octanol–water partition coefficient (Wildman–Crippen LogP) is 4.75. The molecule has 2 atom stereocenters. The Labute approximate surface area is 179 Å². The Morgan fingerprint density at radius 2 is 1.65 bits per heavy atom. The lowest BCUT2D eigenvalue weighted by molar-refractivity contribution is -0.138. The minimum Gasteiger partial charge on any atom is -0.352 e. The Hall–Kier alpha value is -2.83. The number of hydrogen-bond donors (Lipinski definition) is 1. The Balaban J connectivity index is 1.32. The molecule has 1 aliphatic heterocycles. The number of nitrogens with zero attached hydrogens (tertiary/aromatic N) is 1. The highest BCUT2D eigenvalue weighted by atomic mass is 19.4. The van der Waals surface area contributed by atoms with E-state index in [0.717, 1.165) is 44.0 Å². The van der Waals surface area contributed by atoms with Gasteiger partial charge in [0.25, 0.3) is 5.91 Å². The molecule has 1 heterocycles. The minimum atomic E-state index is -4.42. The third-order valence-corrected chi connectivity index (χ3v) is 6.10. The van der Waals surface area contributed by atoms with Gasteiger partial charge in [-0.25, -0.2) is 0 Å². The number of likely N-dealkylation sites (tertiary alicyclic amines) is 1. The molecule has 2 aromatic rings. The van der Waals surface area contributed by atoms with E-state index in [1.807, 2.05) is 4.90 Å². The summed E-state index contributed by atoms with van der Waals surface area (Å²) in [6, 6.07) is 12.6. The van der Waals surface area contributed by atoms with Crippen LogP contribution in [0.5, 0.6) is 0 Å². The van der Waals surface area contributed by atoms with Crippen molar-refractivity contribution in [2.75, 3.05) is 13.1 Å². The zero-order valence-corrected chi connectivity index (χ0v) is 17.1. The summed E-state index contributed by atoms with van der Waals surface area (Å²) in [5, 5.41) is 2.82. The molecular formula is C24H25F3N2O2. The molecule has 2 aromatic carbocycles. The smallest absolute Gasteiger partial charge is 0.352 e. The average molecular weight is 430 g/mol. The highest BCUT2D eigenvalue weighted by Crippen LogP contribution is 2.51. The number of hydrogen-bond acceptors (Lipinski definition) is 2. The molecule has 1 saturated carbocycles. The van der Waals surface area contributed by atoms with Gasteiger partial charge in [0.15, 0.2) is 0 Å². The first-order valence-corrected chi connectivity index (χ1v) is 10.7. The summed E-state index contributed by atoms with van der Waals surface area (Å²) in [6.07, 6.45) is -0.779. The number of carbonyl (C=O) groups is 2. The third-order valence-electron chi connectivity index (χ3n) is 6.10. The van der Waals surface area contributed by atoms with Crippen molar-refractivity contribution < 1.29 is 22.8 Å². The van der Waals surface area contributed by atoms with Gasteiger partial charge in [0.05, 0.1) is 5.56 Å². The number of piperidine rings is 1. The van der Waals surface area contributed by atoms with Crippen molar-refractivity contribution in [2.24, 2.45) is 5.92 Å². The van der Waals surface area contributed by atoms with Crippen LogP contribution in [0.2, 0.25) is 0 Å². The summed E-state index contributed by atoms with van der Waals surface area (Å²) < 4.78 is 39.6. The molecular weight excluding hydrogens is 405 g/mol. The monoisotopic (exact) mass is 430 g/mol. The van der Waals surface area contributed by atoms with Gasteiger partial charge in [0.2, 0.25) is 5.91 Å². The van der Waals surface area contributed by atoms with Crippen molar-refractivity contribution in [3.8, 4) is 0 Å². The van der Waals surface area contributed by atoms with Gasteiger partial charge in [-0.1, -0.05) is 30.3 Å². The standard InChI is InChI=1S/C24H25F3N2O2/c25-24(26,27)21-7-3-2-6-18(21)19-14-20(19)22(30)28-15-16-8-10-17(11-9-16)23(31)29-12-4-1-5-13-29/h2-3,6-11,19-20H,1,4-5,12-15H2,(H,28,30). The van der Waals surface area contributed by atoms with Gasteiger partial charge in [-0.2, -0.15) is 13.2 Å². The van der Waals surface area contributed by atoms with Crippen LogP contribution in [0, 0.1) is 5.92 Å². The van der Waals surface area contributed by atoms with Crippen LogP contribution in [0.15, 0.2) is 48.5 Å². The molecule has 2 amide bonds. The number of amides is 2. The first kappa shape index (κ1) is 21.4. The fourth-order valence-corrected chi connectivity index (χ4v) is 4.27. The van der Waals surface area contributed by atoms with Crippen LogP contribution < -0.4 is 5.32 Å². The Morgan fingerprint density at radius 3 is 2.32 bits per heavy atom. The van der Waals surface area contributed by atoms with Crippen LogP contribution in [0.1, 0.15) is 58.6 Å². The SMILES string of the molecule is O=C(NCc1ccc(C(=O)N2CCCCC2)cc1)C1CC1c1ccccc1C(F)(F)F. The molecule has 2 unspecified atom stereocenters. The Bertz CT molecular complexity index is 950. The largest absolute Gasteiger partial charge is 0.416 e. The van der Waals surface area contributed by atoms with Crippen molar-refractivity contribution in [1.82, 2.24) is 10.2 Å². The maximum atomic E-state index is 13.2. The van der Waals surface area contributed by atoms with E-state index < -0.39 is 23.6 Å². The lowest BCUT2D eigenvalue weighted by Gasteiger charge is -2.26. The minimum absolute atomic E-state index is 0.0273. The van der Waals surface area contributed by atoms with E-state index in [1.165, 1.54) is 12.1 Å². The van der Waals surface area contributed by atoms with Crippen LogP contribution >= 0.6 is 0 Å². The molecule has 31 heavy (non-hydrogen) atoms. The van der Waals surface area contributed by atoms with Gasteiger partial charge in [0, 0.05) is 31.1 Å². The lowest BCUT2D eigenvalue weighted by atomic mass is 10.0. The highest BCUT2D eigenvalue weighted by molar-refractivity contribution is 5.94. The molecule has 1 aliphatic carbocycles. The molecule has 164 valence electrons. The van der Waals surface area contributed by atoms with Crippen LogP contribution in [0.4, 0.5) is 13.2 Å². The third kappa shape index (κ3) is 4.92. The summed E-state index contributed by atoms with van der Waals surface area (Å²) in [4.78, 5) is 26.8. The van der Waals surface area contributed by atoms with Crippen LogP contribution in [0.3, 0.4) is 0 Å². The zero-order valence-electron chi connectivity index (χ0n) is 17.1. The van der Waals surface area contributed by atoms with Crippen molar-refractivity contribution in [3.05, 3.63) is 70.8 Å². The summed E-state index contributed by atoms with van der Waals surface area (Å²) in [7, 11) is 0. The van der Waals surface area contributed by atoms with Crippen molar-refractivity contribution >= 4 is 11.8 Å². The van der Waals surface area contributed by atoms with Gasteiger partial charge in [-0.15, -0.1) is 0 Å². The summed E-state index contributed by atoms with van der Waals surface area (Å²) >= 11 is 0. The van der Waals surface area contributed by atoms with Crippen LogP contribution in [0.25, 0.3) is 0 Å². The first-order valence-electron chi connectivity index (χ1n) is 10.7. The summed E-state index contributed by atoms with van der Waals surface area (Å²) in [5.41, 5.74) is 0.999. The quantitative estimate of drug-likeness (QED) is 0.744. The van der Waals surface area contributed by atoms with Crippen LogP contribution in [-0.4, -0.2) is 29.8 Å². The van der Waals surface area contributed by atoms with Gasteiger partial charge in [-0.3, -0.25) is 9.59 Å². The number of carbonyl (C=O) groups excluding carboxylic acids is 2. The van der Waals surface area contributed by atoms with Crippen molar-refractivity contribution in [2.45, 2.75) is 44.3 Å². The number of rotatable bonds is 5. The van der Waals surface area contributed by atoms with E-state index in [4.69, 9.17) is 0 Å². The van der Waals surface area contributed by atoms with E-state index in [-0.39, 0.29) is 23.9 Å². The molecule has 0 spiro atoms. The molecule has 2 fully saturated rings. The second-order valence-electron chi connectivity index (χ2n) is 8.30. The molecule has 0 aromatic heterocycles. The molecule has 2 aliphatic rings. The van der Waals surface area contributed by atoms with E-state index in [9.17, 15) is 22.8 Å². The van der Waals surface area contributed by atoms with E-state index in [0.29, 0.717) is 12.0 Å². The van der Waals surface area contributed by atoms with E-state index in [1.54, 1.807) is 30.3 Å². The maximum absolute atomic E-state index is 13.2. The number of halogens is 3. The van der Waals surface area contributed by atoms with Crippen LogP contribution in [-0.2, 0) is 17.5 Å². The topological polar surface area (TPSA) is 49.4 Å². The lowest BCUT2D eigenvalue weighted by Crippen LogP contribution is -2.35. The predicted molar refractivity (Wildman–Crippen MR) is 110 cm³/mol. The molecule has 0 bridgehead atoms. The first-order chi connectivity index (χ1) is 14.8. The normalized spacial score (nSPS) is 20.9. The molecule has 7 heteroatoms. The molecule has 4 nitrogen and oxygen atoms in total. The fourth-order valence-electron chi connectivity index (χ4n) is 4.27. The van der Waals surface area contributed by atoms with E-state index >= 15 is 0 Å². The van der Waals surface area contributed by atoms with Gasteiger partial charge < -0.3 is 10.2 Å². The second kappa shape index (κ2) is 8.73. The summed E-state index contributed by atoms with van der Waals surface area (Å²) in [6.45, 7) is 1.86. The zero-order chi connectivity index (χ0) is 22.0. The molecule has 4 rings (SSSR count). The highest BCUT2D eigenvalue weighted by Gasteiger charge is 2.47. The second-order valence-corrected chi connectivity index (χ2v) is 8.30. The van der Waals surface area contributed by atoms with Crippen molar-refractivity contribution in [3.63, 3.8) is 0 Å². The number of alkyl halides is 3. The Morgan fingerprint density at radius 1 is 0.968 bits per heavy atom. The molecule has 1 N–H and O–H groups in total. The van der Waals surface area contributed by atoms with E-state index in [2.05, 4.69) is 5.32 Å². The average Bonchev–Trinajstić information content (AvgIpc) is 3.58. The maximum Gasteiger partial charge on any atom is 0.416 e. The summed E-state index contributed by atoms with van der Waals surface area (Å²) in [5.74, 6) is -1.05. The van der Waals surface area contributed by atoms with Gasteiger partial charge in [0.1, 0.15) is 0 Å². The number of nitrogens with one attached hydrogen (secondary N) is 1.